The van der Waals surface area contributed by atoms with E-state index in [1.165, 1.54) is 0 Å². The molecule has 1 aliphatic rings. The third-order valence-electron chi connectivity index (χ3n) is 2.21. The van der Waals surface area contributed by atoms with Crippen molar-refractivity contribution in [1.82, 2.24) is 10.6 Å². The van der Waals surface area contributed by atoms with Gasteiger partial charge in [-0.25, -0.2) is 4.79 Å². The molecule has 4 nitrogen and oxygen atoms in total. The summed E-state index contributed by atoms with van der Waals surface area (Å²) in [5.74, 6) is 0. The number of alkyl halides is 3. The van der Waals surface area contributed by atoms with Gasteiger partial charge in [0.15, 0.2) is 0 Å². The number of rotatable bonds is 2. The van der Waals surface area contributed by atoms with Crippen LogP contribution in [-0.2, 0) is 4.74 Å². The van der Waals surface area contributed by atoms with Crippen LogP contribution in [0.25, 0.3) is 0 Å². The van der Waals surface area contributed by atoms with Gasteiger partial charge < -0.3 is 10.1 Å². The monoisotopic (exact) mass is 224 g/mol. The molecule has 1 heterocycles. The molecule has 0 aromatic rings. The average molecular weight is 224 g/mol. The van der Waals surface area contributed by atoms with E-state index in [9.17, 15) is 18.0 Å². The molecule has 0 saturated heterocycles. The molecule has 2 N–H and O–H groups in total. The zero-order chi connectivity index (χ0) is 11.7. The van der Waals surface area contributed by atoms with Crippen LogP contribution < -0.4 is 10.6 Å². The smallest absolute Gasteiger partial charge is 0.347 e. The number of urea groups is 1. The van der Waals surface area contributed by atoms with Crippen molar-refractivity contribution in [2.75, 3.05) is 7.11 Å². The summed E-state index contributed by atoms with van der Waals surface area (Å²) >= 11 is 0. The van der Waals surface area contributed by atoms with Crippen molar-refractivity contribution >= 4 is 6.03 Å². The highest BCUT2D eigenvalue weighted by Crippen LogP contribution is 2.38. The number of ether oxygens (including phenoxy) is 1. The Bertz CT molecular complexity index is 301. The molecule has 15 heavy (non-hydrogen) atoms. The van der Waals surface area contributed by atoms with Crippen LogP contribution in [0.2, 0.25) is 0 Å². The summed E-state index contributed by atoms with van der Waals surface area (Å²) in [4.78, 5) is 10.9. The number of amides is 2. The quantitative estimate of drug-likeness (QED) is 0.746. The van der Waals surface area contributed by atoms with Crippen LogP contribution in [0.5, 0.6) is 0 Å². The van der Waals surface area contributed by atoms with Crippen LogP contribution in [0.15, 0.2) is 11.8 Å². The molecule has 0 aromatic carbocycles. The van der Waals surface area contributed by atoms with Crippen molar-refractivity contribution in [3.8, 4) is 0 Å². The van der Waals surface area contributed by atoms with Crippen molar-refractivity contribution in [3.63, 3.8) is 0 Å². The van der Waals surface area contributed by atoms with Gasteiger partial charge in [0.1, 0.15) is 0 Å². The molecule has 2 amide bonds. The van der Waals surface area contributed by atoms with Gasteiger partial charge >= 0.3 is 12.2 Å². The molecule has 1 aliphatic heterocycles. The predicted octanol–water partition coefficient (Wildman–Crippen LogP) is 1.50. The second-order valence-electron chi connectivity index (χ2n) is 3.00. The molecule has 86 valence electrons. The second kappa shape index (κ2) is 3.73. The van der Waals surface area contributed by atoms with Gasteiger partial charge in [-0.3, -0.25) is 5.32 Å². The molecule has 0 aromatic heterocycles. The fourth-order valence-electron chi connectivity index (χ4n) is 1.43. The van der Waals surface area contributed by atoms with Gasteiger partial charge in [-0.2, -0.15) is 13.2 Å². The lowest BCUT2D eigenvalue weighted by Gasteiger charge is -2.38. The van der Waals surface area contributed by atoms with Gasteiger partial charge in [0, 0.05) is 18.9 Å². The van der Waals surface area contributed by atoms with Gasteiger partial charge in [-0.15, -0.1) is 0 Å². The summed E-state index contributed by atoms with van der Waals surface area (Å²) < 4.78 is 42.8. The topological polar surface area (TPSA) is 50.4 Å². The lowest BCUT2D eigenvalue weighted by Crippen LogP contribution is -2.65. The van der Waals surface area contributed by atoms with E-state index in [2.05, 4.69) is 10.1 Å². The highest BCUT2D eigenvalue weighted by molar-refractivity contribution is 5.78. The van der Waals surface area contributed by atoms with Crippen LogP contribution >= 0.6 is 0 Å². The first kappa shape index (κ1) is 11.8. The third-order valence-corrected chi connectivity index (χ3v) is 2.21. The summed E-state index contributed by atoms with van der Waals surface area (Å²) in [5.41, 5.74) is -2.78. The van der Waals surface area contributed by atoms with Crippen LogP contribution in [0.4, 0.5) is 18.0 Å². The largest absolute Gasteiger partial charge is 0.441 e. The molecular formula is C8H11F3N2O2. The van der Waals surface area contributed by atoms with Gasteiger partial charge in [-0.1, -0.05) is 6.92 Å². The second-order valence-corrected chi connectivity index (χ2v) is 3.00. The molecule has 0 spiro atoms. The van der Waals surface area contributed by atoms with Gasteiger partial charge in [0.05, 0.1) is 0 Å². The molecule has 0 bridgehead atoms. The third kappa shape index (κ3) is 1.79. The highest BCUT2D eigenvalue weighted by atomic mass is 19.4. The van der Waals surface area contributed by atoms with Crippen LogP contribution in [0.3, 0.4) is 0 Å². The number of hydrogen-bond acceptors (Lipinski definition) is 2. The van der Waals surface area contributed by atoms with Crippen LogP contribution in [0, 0.1) is 0 Å². The number of nitrogens with one attached hydrogen (secondary N) is 2. The summed E-state index contributed by atoms with van der Waals surface area (Å²) in [7, 11) is 0.905. The van der Waals surface area contributed by atoms with Crippen molar-refractivity contribution in [3.05, 3.63) is 11.8 Å². The number of halogens is 3. The molecule has 1 atom stereocenters. The van der Waals surface area contributed by atoms with Gasteiger partial charge in [-0.05, 0) is 6.42 Å². The van der Waals surface area contributed by atoms with Crippen LogP contribution in [0.1, 0.15) is 13.3 Å². The van der Waals surface area contributed by atoms with E-state index in [1.54, 1.807) is 12.2 Å². The van der Waals surface area contributed by atoms with Crippen molar-refractivity contribution < 1.29 is 22.7 Å². The van der Waals surface area contributed by atoms with E-state index in [1.807, 2.05) is 0 Å². The van der Waals surface area contributed by atoms with Crippen molar-refractivity contribution in [2.45, 2.75) is 25.2 Å². The SMILES string of the molecule is CCC1=CNC(=O)NC1(OC)C(F)(F)F. The first-order valence-electron chi connectivity index (χ1n) is 4.27. The van der Waals surface area contributed by atoms with Gasteiger partial charge in [0.2, 0.25) is 0 Å². The van der Waals surface area contributed by atoms with E-state index in [0.29, 0.717) is 0 Å². The average Bonchev–Trinajstić information content (AvgIpc) is 2.15. The molecule has 0 fully saturated rings. The molecule has 0 saturated carbocycles. The summed E-state index contributed by atoms with van der Waals surface area (Å²) in [6, 6.07) is -0.939. The maximum atomic E-state index is 12.8. The van der Waals surface area contributed by atoms with E-state index in [0.717, 1.165) is 13.3 Å². The fraction of sp³-hybridized carbons (Fsp3) is 0.625. The first-order valence-corrected chi connectivity index (χ1v) is 4.27. The molecular weight excluding hydrogens is 213 g/mol. The van der Waals surface area contributed by atoms with E-state index < -0.39 is 17.9 Å². The Morgan fingerprint density at radius 3 is 2.53 bits per heavy atom. The Morgan fingerprint density at radius 2 is 2.13 bits per heavy atom. The normalized spacial score (nSPS) is 26.7. The molecule has 0 aliphatic carbocycles. The Hall–Kier alpha value is -1.24. The Labute approximate surface area is 84.5 Å². The summed E-state index contributed by atoms with van der Waals surface area (Å²) in [6.07, 6.45) is -3.56. The fourth-order valence-corrected chi connectivity index (χ4v) is 1.43. The van der Waals surface area contributed by atoms with Gasteiger partial charge in [0.25, 0.3) is 5.72 Å². The minimum absolute atomic E-state index is 0.0721. The van der Waals surface area contributed by atoms with Crippen molar-refractivity contribution in [1.29, 1.82) is 0 Å². The predicted molar refractivity (Wildman–Crippen MR) is 45.8 cm³/mol. The van der Waals surface area contributed by atoms with Crippen molar-refractivity contribution in [2.24, 2.45) is 0 Å². The number of hydrogen-bond donors (Lipinski definition) is 2. The van der Waals surface area contributed by atoms with E-state index in [-0.39, 0.29) is 12.0 Å². The zero-order valence-electron chi connectivity index (χ0n) is 8.23. The number of carbonyl (C=O) groups excluding carboxylic acids is 1. The first-order chi connectivity index (χ1) is 6.87. The number of methoxy groups -OCH3 is 1. The molecule has 1 unspecified atom stereocenters. The Kier molecular flexibility index (Phi) is 2.94. The Morgan fingerprint density at radius 1 is 1.53 bits per heavy atom. The summed E-state index contributed by atoms with van der Waals surface area (Å²) in [5, 5.41) is 3.91. The minimum Gasteiger partial charge on any atom is -0.347 e. The van der Waals surface area contributed by atoms with E-state index >= 15 is 0 Å². The maximum Gasteiger partial charge on any atom is 0.441 e. The lowest BCUT2D eigenvalue weighted by atomic mass is 9.99. The standard InChI is InChI=1S/C8H11F3N2O2/c1-3-5-4-12-6(14)13-7(5,15-2)8(9,10)11/h4H,3H2,1-2H3,(H2,12,13,14). The Balaban J connectivity index is 3.20. The maximum absolute atomic E-state index is 12.8. The molecule has 1 rings (SSSR count). The summed E-state index contributed by atoms with van der Waals surface area (Å²) in [6.45, 7) is 1.55. The number of carbonyl (C=O) groups is 1. The zero-order valence-corrected chi connectivity index (χ0v) is 8.23. The highest BCUT2D eigenvalue weighted by Gasteiger charge is 2.60. The minimum atomic E-state index is -4.69. The molecule has 0 radical (unpaired) electrons. The molecule has 7 heteroatoms. The van der Waals surface area contributed by atoms with Crippen LogP contribution in [-0.4, -0.2) is 25.0 Å². The lowest BCUT2D eigenvalue weighted by molar-refractivity contribution is -0.263. The van der Waals surface area contributed by atoms with E-state index in [4.69, 9.17) is 0 Å².